The summed E-state index contributed by atoms with van der Waals surface area (Å²) in [6.45, 7) is 9.28. The summed E-state index contributed by atoms with van der Waals surface area (Å²) < 4.78 is 0. The van der Waals surface area contributed by atoms with Crippen LogP contribution in [0.15, 0.2) is 12.7 Å². The molecular weight excluding hydrogens is 220 g/mol. The molecule has 0 aromatic carbocycles. The van der Waals surface area contributed by atoms with Gasteiger partial charge in [0.05, 0.1) is 0 Å². The van der Waals surface area contributed by atoms with E-state index in [2.05, 4.69) is 24.9 Å². The van der Waals surface area contributed by atoms with E-state index in [1.54, 1.807) is 0 Å². The minimum atomic E-state index is 0.691. The number of hydrogen-bond acceptors (Lipinski definition) is 2. The first-order valence-electron chi connectivity index (χ1n) is 7.84. The minimum absolute atomic E-state index is 0.691. The highest BCUT2D eigenvalue weighted by molar-refractivity contribution is 4.74. The van der Waals surface area contributed by atoms with Crippen molar-refractivity contribution in [2.75, 3.05) is 19.6 Å². The Morgan fingerprint density at radius 3 is 2.06 bits per heavy atom. The average molecular weight is 254 g/mol. The fourth-order valence-corrected chi connectivity index (χ4v) is 2.06. The highest BCUT2D eigenvalue weighted by Gasteiger charge is 1.96. The number of rotatable bonds is 14. The SMILES string of the molecule is C=CC(C)CCCCCCNCCCCCCN. The average Bonchev–Trinajstić information content (AvgIpc) is 2.39. The summed E-state index contributed by atoms with van der Waals surface area (Å²) in [6, 6.07) is 0. The maximum Gasteiger partial charge on any atom is -0.00489 e. The monoisotopic (exact) mass is 254 g/mol. The quantitative estimate of drug-likeness (QED) is 0.365. The van der Waals surface area contributed by atoms with E-state index < -0.39 is 0 Å². The molecule has 0 aliphatic carbocycles. The Hall–Kier alpha value is -0.340. The van der Waals surface area contributed by atoms with Crippen LogP contribution < -0.4 is 11.1 Å². The van der Waals surface area contributed by atoms with Crippen LogP contribution in [-0.2, 0) is 0 Å². The van der Waals surface area contributed by atoms with E-state index in [1.807, 2.05) is 0 Å². The molecule has 0 aromatic rings. The standard InChI is InChI=1S/C16H34N2/c1-3-16(2)12-8-4-6-10-14-18-15-11-7-5-9-13-17/h3,16,18H,1,4-15,17H2,2H3. The third kappa shape index (κ3) is 13.7. The number of nitrogens with one attached hydrogen (secondary N) is 1. The van der Waals surface area contributed by atoms with E-state index in [0.717, 1.165) is 6.54 Å². The molecule has 108 valence electrons. The number of nitrogens with two attached hydrogens (primary N) is 1. The molecule has 0 saturated heterocycles. The lowest BCUT2D eigenvalue weighted by Crippen LogP contribution is -2.16. The molecule has 1 unspecified atom stereocenters. The Bertz CT molecular complexity index is 168. The summed E-state index contributed by atoms with van der Waals surface area (Å²) in [5.41, 5.74) is 5.46. The lowest BCUT2D eigenvalue weighted by molar-refractivity contribution is 0.530. The zero-order valence-corrected chi connectivity index (χ0v) is 12.4. The van der Waals surface area contributed by atoms with Gasteiger partial charge < -0.3 is 11.1 Å². The van der Waals surface area contributed by atoms with Gasteiger partial charge in [-0.3, -0.25) is 0 Å². The largest absolute Gasteiger partial charge is 0.330 e. The lowest BCUT2D eigenvalue weighted by atomic mass is 10.0. The molecule has 0 aliphatic heterocycles. The van der Waals surface area contributed by atoms with Gasteiger partial charge in [-0.2, -0.15) is 0 Å². The molecule has 0 aliphatic rings. The first-order valence-corrected chi connectivity index (χ1v) is 7.84. The second-order valence-electron chi connectivity index (χ2n) is 5.37. The molecule has 0 fully saturated rings. The van der Waals surface area contributed by atoms with Crippen LogP contribution in [0.4, 0.5) is 0 Å². The van der Waals surface area contributed by atoms with Crippen molar-refractivity contribution in [1.29, 1.82) is 0 Å². The van der Waals surface area contributed by atoms with Crippen LogP contribution in [0.2, 0.25) is 0 Å². The van der Waals surface area contributed by atoms with Crippen molar-refractivity contribution >= 4 is 0 Å². The fourth-order valence-electron chi connectivity index (χ4n) is 2.06. The molecule has 2 nitrogen and oxygen atoms in total. The molecule has 0 spiro atoms. The Morgan fingerprint density at radius 1 is 0.944 bits per heavy atom. The molecule has 0 bridgehead atoms. The van der Waals surface area contributed by atoms with Crippen molar-refractivity contribution in [1.82, 2.24) is 5.32 Å². The molecule has 0 heterocycles. The molecule has 0 aromatic heterocycles. The molecule has 0 radical (unpaired) electrons. The molecule has 18 heavy (non-hydrogen) atoms. The molecule has 0 amide bonds. The Balaban J connectivity index is 2.96. The third-order valence-electron chi connectivity index (χ3n) is 3.47. The van der Waals surface area contributed by atoms with Gasteiger partial charge in [0, 0.05) is 0 Å². The summed E-state index contributed by atoms with van der Waals surface area (Å²) in [7, 11) is 0. The van der Waals surface area contributed by atoms with Crippen molar-refractivity contribution in [2.45, 2.75) is 64.7 Å². The second kappa shape index (κ2) is 14.7. The van der Waals surface area contributed by atoms with Crippen molar-refractivity contribution < 1.29 is 0 Å². The van der Waals surface area contributed by atoms with Gasteiger partial charge in [0.1, 0.15) is 0 Å². The van der Waals surface area contributed by atoms with E-state index in [0.29, 0.717) is 5.92 Å². The van der Waals surface area contributed by atoms with E-state index in [9.17, 15) is 0 Å². The van der Waals surface area contributed by atoms with E-state index >= 15 is 0 Å². The fraction of sp³-hybridized carbons (Fsp3) is 0.875. The van der Waals surface area contributed by atoms with Gasteiger partial charge in [0.2, 0.25) is 0 Å². The smallest absolute Gasteiger partial charge is 0.00489 e. The van der Waals surface area contributed by atoms with Crippen molar-refractivity contribution in [3.05, 3.63) is 12.7 Å². The molecular formula is C16H34N2. The zero-order valence-electron chi connectivity index (χ0n) is 12.4. The number of unbranched alkanes of at least 4 members (excludes halogenated alkanes) is 6. The van der Waals surface area contributed by atoms with Crippen LogP contribution in [0.5, 0.6) is 0 Å². The van der Waals surface area contributed by atoms with Crippen molar-refractivity contribution in [2.24, 2.45) is 11.7 Å². The van der Waals surface area contributed by atoms with Gasteiger partial charge in [-0.15, -0.1) is 6.58 Å². The summed E-state index contributed by atoms with van der Waals surface area (Å²) in [4.78, 5) is 0. The first kappa shape index (κ1) is 17.7. The molecule has 3 N–H and O–H groups in total. The zero-order chi connectivity index (χ0) is 13.5. The molecule has 2 heteroatoms. The highest BCUT2D eigenvalue weighted by Crippen LogP contribution is 2.10. The molecule has 0 rings (SSSR count). The van der Waals surface area contributed by atoms with Crippen LogP contribution >= 0.6 is 0 Å². The van der Waals surface area contributed by atoms with Gasteiger partial charge in [0.15, 0.2) is 0 Å². The Labute approximate surface area is 114 Å². The van der Waals surface area contributed by atoms with Crippen molar-refractivity contribution in [3.63, 3.8) is 0 Å². The summed E-state index contributed by atoms with van der Waals surface area (Å²) in [6.07, 6.45) is 13.9. The van der Waals surface area contributed by atoms with Gasteiger partial charge in [-0.1, -0.05) is 45.1 Å². The number of hydrogen-bond donors (Lipinski definition) is 2. The van der Waals surface area contributed by atoms with Crippen LogP contribution in [0.25, 0.3) is 0 Å². The third-order valence-corrected chi connectivity index (χ3v) is 3.47. The summed E-state index contributed by atoms with van der Waals surface area (Å²) in [5, 5.41) is 3.53. The molecule has 0 saturated carbocycles. The highest BCUT2D eigenvalue weighted by atomic mass is 14.8. The normalized spacial score (nSPS) is 12.6. The maximum absolute atomic E-state index is 5.46. The van der Waals surface area contributed by atoms with E-state index in [-0.39, 0.29) is 0 Å². The number of allylic oxidation sites excluding steroid dienone is 1. The predicted octanol–water partition coefficient (Wildman–Crippen LogP) is 3.87. The van der Waals surface area contributed by atoms with Gasteiger partial charge in [-0.25, -0.2) is 0 Å². The van der Waals surface area contributed by atoms with Crippen LogP contribution in [0, 0.1) is 5.92 Å². The topological polar surface area (TPSA) is 38.0 Å². The summed E-state index contributed by atoms with van der Waals surface area (Å²) >= 11 is 0. The van der Waals surface area contributed by atoms with E-state index in [1.165, 1.54) is 70.9 Å². The molecule has 1 atom stereocenters. The predicted molar refractivity (Wildman–Crippen MR) is 82.8 cm³/mol. The second-order valence-corrected chi connectivity index (χ2v) is 5.37. The van der Waals surface area contributed by atoms with E-state index in [4.69, 9.17) is 5.73 Å². The lowest BCUT2D eigenvalue weighted by Gasteiger charge is -2.06. The maximum atomic E-state index is 5.46. The van der Waals surface area contributed by atoms with Crippen LogP contribution in [-0.4, -0.2) is 19.6 Å². The van der Waals surface area contributed by atoms with Crippen LogP contribution in [0.1, 0.15) is 64.7 Å². The minimum Gasteiger partial charge on any atom is -0.330 e. The van der Waals surface area contributed by atoms with Crippen LogP contribution in [0.3, 0.4) is 0 Å². The first-order chi connectivity index (χ1) is 8.81. The Kier molecular flexibility index (Phi) is 14.4. The van der Waals surface area contributed by atoms with Gasteiger partial charge >= 0.3 is 0 Å². The van der Waals surface area contributed by atoms with Crippen molar-refractivity contribution in [3.8, 4) is 0 Å². The summed E-state index contributed by atoms with van der Waals surface area (Å²) in [5.74, 6) is 0.691. The van der Waals surface area contributed by atoms with Gasteiger partial charge in [0.25, 0.3) is 0 Å². The van der Waals surface area contributed by atoms with Gasteiger partial charge in [-0.05, 0) is 51.2 Å². The Morgan fingerprint density at radius 2 is 1.50 bits per heavy atom.